The van der Waals surface area contributed by atoms with E-state index in [2.05, 4.69) is 19.2 Å². The van der Waals surface area contributed by atoms with E-state index in [4.69, 9.17) is 9.47 Å². The molecular formula is C23H34N2O5. The normalized spacial score (nSPS) is 16.5. The summed E-state index contributed by atoms with van der Waals surface area (Å²) in [7, 11) is 0. The number of nitrogens with one attached hydrogen (secondary N) is 1. The van der Waals surface area contributed by atoms with Crippen LogP contribution in [0.25, 0.3) is 0 Å². The first-order valence-corrected chi connectivity index (χ1v) is 10.7. The molecule has 0 radical (unpaired) electrons. The van der Waals surface area contributed by atoms with Gasteiger partial charge in [-0.1, -0.05) is 33.8 Å². The third-order valence-corrected chi connectivity index (χ3v) is 4.95. The Morgan fingerprint density at radius 2 is 1.83 bits per heavy atom. The van der Waals surface area contributed by atoms with Crippen LogP contribution in [0.1, 0.15) is 57.3 Å². The monoisotopic (exact) mass is 418 g/mol. The van der Waals surface area contributed by atoms with Crippen LogP contribution in [-0.2, 0) is 14.3 Å². The fraction of sp³-hybridized carbons (Fsp3) is 0.609. The smallest absolute Gasteiger partial charge is 0.308 e. The molecule has 0 bridgehead atoms. The highest BCUT2D eigenvalue weighted by Crippen LogP contribution is 2.19. The van der Waals surface area contributed by atoms with Crippen molar-refractivity contribution in [2.45, 2.75) is 53.0 Å². The summed E-state index contributed by atoms with van der Waals surface area (Å²) in [5.74, 6) is 0.472. The molecule has 0 aromatic heterocycles. The molecule has 1 saturated heterocycles. The molecular weight excluding hydrogens is 384 g/mol. The highest BCUT2D eigenvalue weighted by Gasteiger charge is 2.35. The Balaban J connectivity index is 2.04. The number of amides is 2. The molecule has 0 aliphatic carbocycles. The molecule has 1 aliphatic rings. The van der Waals surface area contributed by atoms with Crippen molar-refractivity contribution in [3.8, 4) is 5.75 Å². The van der Waals surface area contributed by atoms with Crippen molar-refractivity contribution < 1.29 is 23.9 Å². The van der Waals surface area contributed by atoms with Gasteiger partial charge in [-0.15, -0.1) is 0 Å². The van der Waals surface area contributed by atoms with Crippen LogP contribution in [0.15, 0.2) is 24.3 Å². The summed E-state index contributed by atoms with van der Waals surface area (Å²) in [5, 5.41) is 2.73. The Morgan fingerprint density at radius 1 is 1.13 bits per heavy atom. The van der Waals surface area contributed by atoms with Crippen LogP contribution in [0.4, 0.5) is 0 Å². The molecule has 0 spiro atoms. The van der Waals surface area contributed by atoms with Crippen molar-refractivity contribution in [2.75, 3.05) is 26.3 Å². The van der Waals surface area contributed by atoms with Crippen LogP contribution in [0, 0.1) is 11.8 Å². The van der Waals surface area contributed by atoms with Gasteiger partial charge in [0, 0.05) is 18.7 Å². The molecule has 1 heterocycles. The number of hydrogen-bond donors (Lipinski definition) is 1. The second kappa shape index (κ2) is 11.6. The van der Waals surface area contributed by atoms with E-state index in [1.807, 2.05) is 19.9 Å². The van der Waals surface area contributed by atoms with E-state index in [9.17, 15) is 14.4 Å². The molecule has 1 aromatic rings. The molecule has 7 nitrogen and oxygen atoms in total. The van der Waals surface area contributed by atoms with Gasteiger partial charge in [0.05, 0.1) is 19.6 Å². The number of esters is 1. The first-order valence-electron chi connectivity index (χ1n) is 10.7. The molecule has 166 valence electrons. The maximum atomic E-state index is 13.1. The zero-order valence-electron chi connectivity index (χ0n) is 18.5. The molecule has 0 saturated carbocycles. The van der Waals surface area contributed by atoms with Crippen LogP contribution < -0.4 is 10.1 Å². The predicted octanol–water partition coefficient (Wildman–Crippen LogP) is 3.03. The minimum Gasteiger partial charge on any atom is -0.494 e. The van der Waals surface area contributed by atoms with E-state index in [-0.39, 0.29) is 18.2 Å². The van der Waals surface area contributed by atoms with Gasteiger partial charge < -0.3 is 19.7 Å². The lowest BCUT2D eigenvalue weighted by Crippen LogP contribution is -2.57. The van der Waals surface area contributed by atoms with Crippen LogP contribution in [0.3, 0.4) is 0 Å². The number of hydrogen-bond acceptors (Lipinski definition) is 5. The minimum absolute atomic E-state index is 0.153. The van der Waals surface area contributed by atoms with E-state index in [1.54, 1.807) is 18.2 Å². The van der Waals surface area contributed by atoms with Crippen LogP contribution in [0.2, 0.25) is 0 Å². The standard InChI is InChI=1S/C23H34N2O5/c1-16(2)8-12-29-19-7-5-6-18(14-19)23(28)25-11-10-24-22(27)20(25)15-21(26)30-13-9-17(3)4/h5-7,14,16-17,20H,8-13,15H2,1-4H3,(H,24,27). The predicted molar refractivity (Wildman–Crippen MR) is 114 cm³/mol. The first-order chi connectivity index (χ1) is 14.3. The topological polar surface area (TPSA) is 84.9 Å². The van der Waals surface area contributed by atoms with Crippen LogP contribution in [-0.4, -0.2) is 55.0 Å². The van der Waals surface area contributed by atoms with Gasteiger partial charge in [0.1, 0.15) is 11.8 Å². The van der Waals surface area contributed by atoms with Gasteiger partial charge in [-0.25, -0.2) is 0 Å². The number of ether oxygens (including phenoxy) is 2. The molecule has 2 rings (SSSR count). The largest absolute Gasteiger partial charge is 0.494 e. The summed E-state index contributed by atoms with van der Waals surface area (Å²) in [6.45, 7) is 9.92. The Morgan fingerprint density at radius 3 is 2.53 bits per heavy atom. The second-order valence-electron chi connectivity index (χ2n) is 8.47. The van der Waals surface area contributed by atoms with E-state index < -0.39 is 12.0 Å². The molecule has 2 amide bonds. The van der Waals surface area contributed by atoms with Crippen LogP contribution >= 0.6 is 0 Å². The number of carbonyl (C=O) groups excluding carboxylic acids is 3. The summed E-state index contributed by atoms with van der Waals surface area (Å²) in [4.78, 5) is 39.2. The average molecular weight is 419 g/mol. The van der Waals surface area contributed by atoms with E-state index in [1.165, 1.54) is 4.90 Å². The molecule has 1 aliphatic heterocycles. The minimum atomic E-state index is -0.872. The number of rotatable bonds is 10. The average Bonchev–Trinajstić information content (AvgIpc) is 2.68. The van der Waals surface area contributed by atoms with Gasteiger partial charge in [-0.2, -0.15) is 0 Å². The maximum Gasteiger partial charge on any atom is 0.308 e. The number of nitrogens with zero attached hydrogens (tertiary/aromatic N) is 1. The van der Waals surface area contributed by atoms with Crippen molar-refractivity contribution in [3.63, 3.8) is 0 Å². The molecule has 7 heteroatoms. The Labute approximate surface area is 179 Å². The Hall–Kier alpha value is -2.57. The number of benzene rings is 1. The Bertz CT molecular complexity index is 732. The lowest BCUT2D eigenvalue weighted by Gasteiger charge is -2.34. The van der Waals surface area contributed by atoms with Gasteiger partial charge >= 0.3 is 5.97 Å². The van der Waals surface area contributed by atoms with Gasteiger partial charge in [0.2, 0.25) is 5.91 Å². The first kappa shape index (κ1) is 23.7. The SMILES string of the molecule is CC(C)CCOC(=O)CC1C(=O)NCCN1C(=O)c1cccc(OCCC(C)C)c1. The summed E-state index contributed by atoms with van der Waals surface area (Å²) >= 11 is 0. The molecule has 1 fully saturated rings. The van der Waals surface area contributed by atoms with E-state index in [0.717, 1.165) is 12.8 Å². The van der Waals surface area contributed by atoms with E-state index >= 15 is 0 Å². The van der Waals surface area contributed by atoms with Gasteiger partial charge in [-0.05, 0) is 42.9 Å². The Kier molecular flexibility index (Phi) is 9.15. The molecule has 1 aromatic carbocycles. The summed E-state index contributed by atoms with van der Waals surface area (Å²) < 4.78 is 11.0. The molecule has 1 N–H and O–H groups in total. The highest BCUT2D eigenvalue weighted by molar-refractivity contribution is 5.99. The zero-order valence-corrected chi connectivity index (χ0v) is 18.5. The number of carbonyl (C=O) groups is 3. The fourth-order valence-electron chi connectivity index (χ4n) is 3.08. The van der Waals surface area contributed by atoms with Gasteiger partial charge in [0.15, 0.2) is 0 Å². The zero-order chi connectivity index (χ0) is 22.1. The van der Waals surface area contributed by atoms with Crippen molar-refractivity contribution in [3.05, 3.63) is 29.8 Å². The quantitative estimate of drug-likeness (QED) is 0.591. The highest BCUT2D eigenvalue weighted by atomic mass is 16.5. The van der Waals surface area contributed by atoms with Gasteiger partial charge in [-0.3, -0.25) is 14.4 Å². The van der Waals surface area contributed by atoms with Crippen LogP contribution in [0.5, 0.6) is 5.75 Å². The summed E-state index contributed by atoms with van der Waals surface area (Å²) in [6.07, 6.45) is 1.53. The van der Waals surface area contributed by atoms with Crippen molar-refractivity contribution in [2.24, 2.45) is 11.8 Å². The van der Waals surface area contributed by atoms with Crippen molar-refractivity contribution in [1.29, 1.82) is 0 Å². The third kappa shape index (κ3) is 7.35. The third-order valence-electron chi connectivity index (χ3n) is 4.95. The molecule has 1 unspecified atom stereocenters. The molecule has 30 heavy (non-hydrogen) atoms. The lowest BCUT2D eigenvalue weighted by molar-refractivity contribution is -0.148. The van der Waals surface area contributed by atoms with Crippen molar-refractivity contribution >= 4 is 17.8 Å². The summed E-state index contributed by atoms with van der Waals surface area (Å²) in [6, 6.07) is 6.08. The molecule has 1 atom stereocenters. The number of piperazine rings is 1. The fourth-order valence-corrected chi connectivity index (χ4v) is 3.08. The van der Waals surface area contributed by atoms with E-state index in [0.29, 0.717) is 49.5 Å². The second-order valence-corrected chi connectivity index (χ2v) is 8.47. The summed E-state index contributed by atoms with van der Waals surface area (Å²) in [5.41, 5.74) is 0.435. The lowest BCUT2D eigenvalue weighted by atomic mass is 10.1. The van der Waals surface area contributed by atoms with Crippen molar-refractivity contribution in [1.82, 2.24) is 10.2 Å². The van der Waals surface area contributed by atoms with Gasteiger partial charge in [0.25, 0.3) is 5.91 Å². The maximum absolute atomic E-state index is 13.1.